The molecule has 38 heavy (non-hydrogen) atoms. The van der Waals surface area contributed by atoms with E-state index in [0.717, 1.165) is 35.0 Å². The lowest BCUT2D eigenvalue weighted by Gasteiger charge is -2.11. The fourth-order valence-electron chi connectivity index (χ4n) is 3.35. The number of ether oxygens (including phenoxy) is 1. The van der Waals surface area contributed by atoms with Gasteiger partial charge in [0.25, 0.3) is 11.8 Å². The number of nitrogens with zero attached hydrogens (tertiary/aromatic N) is 1. The maximum atomic E-state index is 12.0. The Balaban J connectivity index is 0.000000505. The van der Waals surface area contributed by atoms with E-state index in [-0.39, 0.29) is 5.91 Å². The average molecular weight is 530 g/mol. The lowest BCUT2D eigenvalue weighted by Crippen LogP contribution is -2.31. The molecule has 2 aromatic heterocycles. The SMILES string of the molecule is C=CC(=O)OCC(=O)Nc1cccc(-c2cc(-c3cc4c([nH]3)CCNC4=O)ccn2)c1.O=C(O)C(F)(F)F. The molecule has 2 amide bonds. The molecule has 0 saturated carbocycles. The van der Waals surface area contributed by atoms with Crippen LogP contribution in [0.25, 0.3) is 22.5 Å². The Kier molecular flexibility index (Phi) is 8.63. The van der Waals surface area contributed by atoms with Gasteiger partial charge in [-0.05, 0) is 30.3 Å². The summed E-state index contributed by atoms with van der Waals surface area (Å²) in [6.45, 7) is 3.51. The molecule has 1 aliphatic heterocycles. The van der Waals surface area contributed by atoms with Crippen LogP contribution in [0.2, 0.25) is 0 Å². The maximum absolute atomic E-state index is 12.0. The van der Waals surface area contributed by atoms with Crippen LogP contribution in [0.15, 0.2) is 61.3 Å². The van der Waals surface area contributed by atoms with E-state index in [4.69, 9.17) is 14.6 Å². The molecule has 3 aromatic rings. The number of hydrogen-bond acceptors (Lipinski definition) is 6. The number of carboxylic acids is 1. The van der Waals surface area contributed by atoms with Gasteiger partial charge in [-0.15, -0.1) is 0 Å². The minimum atomic E-state index is -5.08. The number of pyridine rings is 1. The van der Waals surface area contributed by atoms with Crippen molar-refractivity contribution in [3.05, 3.63) is 72.6 Å². The molecule has 0 aliphatic carbocycles. The van der Waals surface area contributed by atoms with Gasteiger partial charge in [0.1, 0.15) is 0 Å². The van der Waals surface area contributed by atoms with Crippen molar-refractivity contribution in [1.29, 1.82) is 0 Å². The number of alkyl halides is 3. The number of esters is 1. The normalized spacial score (nSPS) is 12.2. The highest BCUT2D eigenvalue weighted by Crippen LogP contribution is 2.28. The third-order valence-electron chi connectivity index (χ3n) is 5.07. The molecule has 4 rings (SSSR count). The van der Waals surface area contributed by atoms with Gasteiger partial charge >= 0.3 is 18.1 Å². The average Bonchev–Trinajstić information content (AvgIpc) is 3.33. The van der Waals surface area contributed by atoms with E-state index in [9.17, 15) is 27.6 Å². The van der Waals surface area contributed by atoms with Gasteiger partial charge in [0.15, 0.2) is 6.61 Å². The van der Waals surface area contributed by atoms with Gasteiger partial charge in [0, 0.05) is 53.4 Å². The molecule has 0 bridgehead atoms. The molecule has 10 nitrogen and oxygen atoms in total. The molecule has 0 atom stereocenters. The number of aromatic nitrogens is 2. The number of carboxylic acid groups (broad SMARTS) is 1. The first-order valence-corrected chi connectivity index (χ1v) is 10.9. The first kappa shape index (κ1) is 27.6. The van der Waals surface area contributed by atoms with E-state index < -0.39 is 30.6 Å². The zero-order valence-electron chi connectivity index (χ0n) is 19.6. The minimum absolute atomic E-state index is 0.0692. The standard InChI is InChI=1S/C23H20N4O4.C2HF3O2/c1-2-22(29)31-13-21(28)26-16-5-3-4-14(10-16)19-11-15(6-8-24-19)20-12-17-18(27-20)7-9-25-23(17)30;3-2(4,5)1(6)7/h2-6,8,10-12,27H,1,7,9,13H2,(H,25,30)(H,26,28);(H,6,7). The van der Waals surface area contributed by atoms with E-state index in [2.05, 4.69) is 27.2 Å². The summed E-state index contributed by atoms with van der Waals surface area (Å²) in [5, 5.41) is 12.7. The van der Waals surface area contributed by atoms with E-state index >= 15 is 0 Å². The van der Waals surface area contributed by atoms with E-state index in [1.807, 2.05) is 24.3 Å². The minimum Gasteiger partial charge on any atom is -0.475 e. The number of amides is 2. The number of carbonyl (C=O) groups excluding carboxylic acids is 3. The Morgan fingerprint density at radius 1 is 1.16 bits per heavy atom. The second-order valence-corrected chi connectivity index (χ2v) is 7.75. The number of rotatable bonds is 6. The Labute approximate surface area is 213 Å². The zero-order chi connectivity index (χ0) is 27.9. The largest absolute Gasteiger partial charge is 0.490 e. The first-order valence-electron chi connectivity index (χ1n) is 10.9. The zero-order valence-corrected chi connectivity index (χ0v) is 19.6. The number of fused-ring (bicyclic) bond motifs is 1. The number of nitrogens with one attached hydrogen (secondary N) is 3. The molecule has 13 heteroatoms. The van der Waals surface area contributed by atoms with Crippen molar-refractivity contribution in [2.45, 2.75) is 12.6 Å². The molecule has 0 spiro atoms. The number of carbonyl (C=O) groups is 4. The highest BCUT2D eigenvalue weighted by molar-refractivity contribution is 5.98. The third kappa shape index (κ3) is 7.29. The Morgan fingerprint density at radius 3 is 2.55 bits per heavy atom. The number of aliphatic carboxylic acids is 1. The molecule has 1 aromatic carbocycles. The van der Waals surface area contributed by atoms with Crippen LogP contribution in [0.3, 0.4) is 0 Å². The van der Waals surface area contributed by atoms with Gasteiger partial charge in [-0.1, -0.05) is 18.7 Å². The summed E-state index contributed by atoms with van der Waals surface area (Å²) in [5.74, 6) is -3.94. The second kappa shape index (κ2) is 11.9. The molecule has 0 saturated heterocycles. The Hall–Kier alpha value is -4.94. The monoisotopic (exact) mass is 530 g/mol. The van der Waals surface area contributed by atoms with E-state index in [1.165, 1.54) is 0 Å². The van der Waals surface area contributed by atoms with Gasteiger partial charge in [-0.3, -0.25) is 14.6 Å². The van der Waals surface area contributed by atoms with Crippen molar-refractivity contribution in [3.63, 3.8) is 0 Å². The van der Waals surface area contributed by atoms with Crippen LogP contribution in [-0.2, 0) is 25.5 Å². The summed E-state index contributed by atoms with van der Waals surface area (Å²) < 4.78 is 36.5. The molecule has 3 heterocycles. The number of aromatic amines is 1. The number of benzene rings is 1. The van der Waals surface area contributed by atoms with Crippen LogP contribution in [0.1, 0.15) is 16.1 Å². The smallest absolute Gasteiger partial charge is 0.475 e. The second-order valence-electron chi connectivity index (χ2n) is 7.75. The number of hydrogen-bond donors (Lipinski definition) is 4. The fourth-order valence-corrected chi connectivity index (χ4v) is 3.35. The summed E-state index contributed by atoms with van der Waals surface area (Å²) >= 11 is 0. The quantitative estimate of drug-likeness (QED) is 0.282. The molecular weight excluding hydrogens is 509 g/mol. The molecule has 4 N–H and O–H groups in total. The van der Waals surface area contributed by atoms with Crippen molar-refractivity contribution in [2.24, 2.45) is 0 Å². The number of halogens is 3. The van der Waals surface area contributed by atoms with Crippen molar-refractivity contribution in [3.8, 4) is 22.5 Å². The van der Waals surface area contributed by atoms with Gasteiger partial charge < -0.3 is 25.5 Å². The van der Waals surface area contributed by atoms with Gasteiger partial charge in [-0.25, -0.2) is 9.59 Å². The molecule has 0 radical (unpaired) electrons. The summed E-state index contributed by atoms with van der Waals surface area (Å²) in [4.78, 5) is 51.8. The highest BCUT2D eigenvalue weighted by Gasteiger charge is 2.38. The van der Waals surface area contributed by atoms with Crippen LogP contribution in [0.4, 0.5) is 18.9 Å². The Morgan fingerprint density at radius 2 is 1.89 bits per heavy atom. The molecule has 198 valence electrons. The maximum Gasteiger partial charge on any atom is 0.490 e. The summed E-state index contributed by atoms with van der Waals surface area (Å²) in [5.41, 5.74) is 5.41. The summed E-state index contributed by atoms with van der Waals surface area (Å²) in [6, 6.07) is 12.8. The predicted molar refractivity (Wildman–Crippen MR) is 129 cm³/mol. The lowest BCUT2D eigenvalue weighted by molar-refractivity contribution is -0.192. The summed E-state index contributed by atoms with van der Waals surface area (Å²) in [6.07, 6.45) is -1.62. The molecular formula is C25H21F3N4O6. The van der Waals surface area contributed by atoms with Gasteiger partial charge in [-0.2, -0.15) is 13.2 Å². The van der Waals surface area contributed by atoms with Crippen molar-refractivity contribution in [2.75, 3.05) is 18.5 Å². The van der Waals surface area contributed by atoms with Crippen LogP contribution in [0.5, 0.6) is 0 Å². The molecule has 0 fully saturated rings. The van der Waals surface area contributed by atoms with Crippen LogP contribution in [-0.4, -0.2) is 58.2 Å². The van der Waals surface area contributed by atoms with Crippen LogP contribution >= 0.6 is 0 Å². The van der Waals surface area contributed by atoms with Crippen LogP contribution in [0, 0.1) is 0 Å². The summed E-state index contributed by atoms with van der Waals surface area (Å²) in [7, 11) is 0. The number of anilines is 1. The van der Waals surface area contributed by atoms with Crippen molar-refractivity contribution in [1.82, 2.24) is 15.3 Å². The van der Waals surface area contributed by atoms with E-state index in [0.29, 0.717) is 23.5 Å². The predicted octanol–water partition coefficient (Wildman–Crippen LogP) is 3.33. The topological polar surface area (TPSA) is 150 Å². The molecule has 0 unspecified atom stereocenters. The molecule has 1 aliphatic rings. The third-order valence-corrected chi connectivity index (χ3v) is 5.07. The van der Waals surface area contributed by atoms with E-state index in [1.54, 1.807) is 24.4 Å². The van der Waals surface area contributed by atoms with Crippen LogP contribution < -0.4 is 10.6 Å². The lowest BCUT2D eigenvalue weighted by atomic mass is 10.1. The number of H-pyrrole nitrogens is 1. The van der Waals surface area contributed by atoms with Crippen molar-refractivity contribution >= 4 is 29.4 Å². The van der Waals surface area contributed by atoms with Crippen molar-refractivity contribution < 1.29 is 42.2 Å². The Bertz CT molecular complexity index is 1380. The fraction of sp³-hybridized carbons (Fsp3) is 0.160. The van der Waals surface area contributed by atoms with Gasteiger partial charge in [0.2, 0.25) is 0 Å². The van der Waals surface area contributed by atoms with Gasteiger partial charge in [0.05, 0.1) is 11.3 Å². The first-order chi connectivity index (χ1) is 18.0. The highest BCUT2D eigenvalue weighted by atomic mass is 19.4.